The summed E-state index contributed by atoms with van der Waals surface area (Å²) >= 11 is 0. The van der Waals surface area contributed by atoms with E-state index in [-0.39, 0.29) is 0 Å². The van der Waals surface area contributed by atoms with Gasteiger partial charge in [-0.05, 0) is 37.5 Å². The lowest BCUT2D eigenvalue weighted by Crippen LogP contribution is -2.52. The Hall–Kier alpha value is -1.34. The Balaban J connectivity index is 1.32. The van der Waals surface area contributed by atoms with Crippen molar-refractivity contribution in [3.8, 4) is 0 Å². The number of ether oxygens (including phenoxy) is 1. The monoisotopic (exact) mass is 421 g/mol. The van der Waals surface area contributed by atoms with E-state index in [1.54, 1.807) is 7.11 Å². The van der Waals surface area contributed by atoms with Crippen molar-refractivity contribution in [2.75, 3.05) is 66.6 Å². The number of aliphatic imine (C=N–C) groups is 1. The third kappa shape index (κ3) is 6.58. The molecule has 0 spiro atoms. The SMILES string of the molecule is CN=C(NCCN1CCN(C(=O)C2CCCC2)CC1)NCC1(CCOC)CCCC1. The topological polar surface area (TPSA) is 69.2 Å². The molecule has 1 amide bonds. The summed E-state index contributed by atoms with van der Waals surface area (Å²) in [5.74, 6) is 1.61. The Kier molecular flexibility index (Phi) is 9.25. The van der Waals surface area contributed by atoms with Gasteiger partial charge in [0.25, 0.3) is 0 Å². The molecule has 1 saturated heterocycles. The van der Waals surface area contributed by atoms with Crippen LogP contribution in [0.15, 0.2) is 4.99 Å². The minimum absolute atomic E-state index is 0.305. The molecule has 7 nitrogen and oxygen atoms in total. The number of piperazine rings is 1. The van der Waals surface area contributed by atoms with Gasteiger partial charge >= 0.3 is 0 Å². The highest BCUT2D eigenvalue weighted by molar-refractivity contribution is 5.80. The van der Waals surface area contributed by atoms with Crippen LogP contribution in [-0.2, 0) is 9.53 Å². The smallest absolute Gasteiger partial charge is 0.225 e. The second kappa shape index (κ2) is 11.9. The van der Waals surface area contributed by atoms with Crippen molar-refractivity contribution in [2.24, 2.45) is 16.3 Å². The summed E-state index contributed by atoms with van der Waals surface area (Å²) in [5, 5.41) is 7.04. The lowest BCUT2D eigenvalue weighted by Gasteiger charge is -2.36. The average molecular weight is 422 g/mol. The van der Waals surface area contributed by atoms with E-state index in [2.05, 4.69) is 25.4 Å². The number of nitrogens with one attached hydrogen (secondary N) is 2. The first-order valence-electron chi connectivity index (χ1n) is 12.1. The molecule has 0 bridgehead atoms. The summed E-state index contributed by atoms with van der Waals surface area (Å²) in [6.07, 6.45) is 11.0. The zero-order valence-corrected chi connectivity index (χ0v) is 19.3. The molecule has 0 unspecified atom stereocenters. The van der Waals surface area contributed by atoms with E-state index in [1.807, 2.05) is 7.05 Å². The third-order valence-corrected chi connectivity index (χ3v) is 7.46. The van der Waals surface area contributed by atoms with Crippen LogP contribution in [0.1, 0.15) is 57.8 Å². The van der Waals surface area contributed by atoms with E-state index < -0.39 is 0 Å². The number of amides is 1. The van der Waals surface area contributed by atoms with Crippen molar-refractivity contribution in [1.82, 2.24) is 20.4 Å². The molecule has 0 aromatic carbocycles. The largest absolute Gasteiger partial charge is 0.385 e. The van der Waals surface area contributed by atoms with Crippen LogP contribution < -0.4 is 10.6 Å². The van der Waals surface area contributed by atoms with Gasteiger partial charge in [0, 0.05) is 72.5 Å². The van der Waals surface area contributed by atoms with Crippen molar-refractivity contribution >= 4 is 11.9 Å². The number of carbonyl (C=O) groups is 1. The highest BCUT2D eigenvalue weighted by atomic mass is 16.5. The Morgan fingerprint density at radius 3 is 2.40 bits per heavy atom. The molecule has 1 aliphatic heterocycles. The molecule has 0 atom stereocenters. The molecule has 2 saturated carbocycles. The van der Waals surface area contributed by atoms with Gasteiger partial charge in [0.2, 0.25) is 5.91 Å². The fraction of sp³-hybridized carbons (Fsp3) is 0.913. The molecule has 1 heterocycles. The third-order valence-electron chi connectivity index (χ3n) is 7.46. The van der Waals surface area contributed by atoms with Crippen molar-refractivity contribution in [3.63, 3.8) is 0 Å². The Labute approximate surface area is 183 Å². The molecule has 2 N–H and O–H groups in total. The maximum atomic E-state index is 12.6. The van der Waals surface area contributed by atoms with Crippen LogP contribution in [0, 0.1) is 11.3 Å². The number of hydrogen-bond donors (Lipinski definition) is 2. The lowest BCUT2D eigenvalue weighted by atomic mass is 9.83. The quantitative estimate of drug-likeness (QED) is 0.441. The van der Waals surface area contributed by atoms with E-state index in [0.29, 0.717) is 17.2 Å². The zero-order chi connectivity index (χ0) is 21.2. The first-order chi connectivity index (χ1) is 14.7. The van der Waals surface area contributed by atoms with E-state index in [4.69, 9.17) is 4.74 Å². The van der Waals surface area contributed by atoms with Crippen LogP contribution in [0.25, 0.3) is 0 Å². The molecule has 0 radical (unpaired) electrons. The predicted molar refractivity (Wildman–Crippen MR) is 122 cm³/mol. The summed E-state index contributed by atoms with van der Waals surface area (Å²) in [6, 6.07) is 0. The molecule has 0 aromatic heterocycles. The van der Waals surface area contributed by atoms with E-state index in [9.17, 15) is 4.79 Å². The number of hydrogen-bond acceptors (Lipinski definition) is 4. The summed E-state index contributed by atoms with van der Waals surface area (Å²) in [4.78, 5) is 21.6. The normalized spacial score (nSPS) is 23.1. The number of rotatable bonds is 9. The van der Waals surface area contributed by atoms with E-state index in [0.717, 1.165) is 77.6 Å². The van der Waals surface area contributed by atoms with Gasteiger partial charge < -0.3 is 20.3 Å². The molecule has 7 heteroatoms. The first-order valence-corrected chi connectivity index (χ1v) is 12.1. The maximum Gasteiger partial charge on any atom is 0.225 e. The van der Waals surface area contributed by atoms with Crippen LogP contribution in [0.5, 0.6) is 0 Å². The van der Waals surface area contributed by atoms with E-state index in [1.165, 1.54) is 38.5 Å². The van der Waals surface area contributed by atoms with Gasteiger partial charge in [-0.2, -0.15) is 0 Å². The molecular formula is C23H43N5O2. The van der Waals surface area contributed by atoms with Gasteiger partial charge in [0.15, 0.2) is 5.96 Å². The molecule has 3 rings (SSSR count). The summed E-state index contributed by atoms with van der Waals surface area (Å²) in [7, 11) is 3.64. The molecule has 172 valence electrons. The molecule has 3 fully saturated rings. The zero-order valence-electron chi connectivity index (χ0n) is 19.3. The number of methoxy groups -OCH3 is 1. The standard InChI is InChI=1S/C23H43N5O2/c1-24-22(26-19-23(11-18-30-2)9-5-6-10-23)25-12-13-27-14-16-28(17-15-27)21(29)20-7-3-4-8-20/h20H,3-19H2,1-2H3,(H2,24,25,26). The van der Waals surface area contributed by atoms with Crippen LogP contribution >= 0.6 is 0 Å². The Morgan fingerprint density at radius 2 is 1.77 bits per heavy atom. The van der Waals surface area contributed by atoms with Crippen molar-refractivity contribution in [3.05, 3.63) is 0 Å². The molecule has 0 aromatic rings. The van der Waals surface area contributed by atoms with Crippen molar-refractivity contribution in [2.45, 2.75) is 57.8 Å². The second-order valence-corrected chi connectivity index (χ2v) is 9.45. The highest BCUT2D eigenvalue weighted by Crippen LogP contribution is 2.40. The Bertz CT molecular complexity index is 548. The van der Waals surface area contributed by atoms with Gasteiger partial charge in [-0.25, -0.2) is 0 Å². The minimum atomic E-state index is 0.305. The van der Waals surface area contributed by atoms with Crippen LogP contribution in [0.2, 0.25) is 0 Å². The fourth-order valence-corrected chi connectivity index (χ4v) is 5.41. The summed E-state index contributed by atoms with van der Waals surface area (Å²) < 4.78 is 5.34. The van der Waals surface area contributed by atoms with E-state index >= 15 is 0 Å². The van der Waals surface area contributed by atoms with Crippen LogP contribution in [0.3, 0.4) is 0 Å². The number of carbonyl (C=O) groups excluding carboxylic acids is 1. The highest BCUT2D eigenvalue weighted by Gasteiger charge is 2.33. The summed E-state index contributed by atoms with van der Waals surface area (Å²) in [5.41, 5.74) is 0.357. The molecule has 2 aliphatic carbocycles. The number of guanidine groups is 1. The second-order valence-electron chi connectivity index (χ2n) is 9.45. The van der Waals surface area contributed by atoms with Gasteiger partial charge in [0.1, 0.15) is 0 Å². The average Bonchev–Trinajstić information content (AvgIpc) is 3.48. The van der Waals surface area contributed by atoms with Crippen molar-refractivity contribution in [1.29, 1.82) is 0 Å². The fourth-order valence-electron chi connectivity index (χ4n) is 5.41. The molecule has 30 heavy (non-hydrogen) atoms. The number of nitrogens with zero attached hydrogens (tertiary/aromatic N) is 3. The molecule has 3 aliphatic rings. The Morgan fingerprint density at radius 1 is 1.07 bits per heavy atom. The maximum absolute atomic E-state index is 12.6. The van der Waals surface area contributed by atoms with Gasteiger partial charge in [-0.15, -0.1) is 0 Å². The van der Waals surface area contributed by atoms with Crippen LogP contribution in [0.4, 0.5) is 0 Å². The lowest BCUT2D eigenvalue weighted by molar-refractivity contribution is -0.137. The van der Waals surface area contributed by atoms with Gasteiger partial charge in [-0.1, -0.05) is 25.7 Å². The van der Waals surface area contributed by atoms with Gasteiger partial charge in [-0.3, -0.25) is 14.7 Å². The van der Waals surface area contributed by atoms with Crippen molar-refractivity contribution < 1.29 is 9.53 Å². The first kappa shape index (κ1) is 23.3. The van der Waals surface area contributed by atoms with Crippen LogP contribution in [-0.4, -0.2) is 88.2 Å². The van der Waals surface area contributed by atoms with Gasteiger partial charge in [0.05, 0.1) is 0 Å². The predicted octanol–water partition coefficient (Wildman–Crippen LogP) is 2.08. The molecular weight excluding hydrogens is 378 g/mol. The summed E-state index contributed by atoms with van der Waals surface area (Å²) in [6.45, 7) is 7.39. The minimum Gasteiger partial charge on any atom is -0.385 e.